The van der Waals surface area contributed by atoms with Crippen molar-refractivity contribution >= 4 is 56.8 Å². The van der Waals surface area contributed by atoms with Gasteiger partial charge in [-0.05, 0) is 11.5 Å². The standard InChI is InChI=1S/C70H58BN5O.Pt/c1-46(2)39-51-23-14-15-26-55(51)57-38-37-54(73-45-74(63-31-19-18-30-62(63)73)68-59(49-21-10-8-11-22-49)40-47(3)41-60(68)50-33-35-52(36-34-50)70(5,6)7)44-65(57)77-67-43-48(4)42-66(72-67)75-64-32-20-28-58-56-27-16-17-29-61(56)76(69(58)64)71(75)53-24-12-9-13-25-53;/h8-31,33-38,40-43,46H,39H2,1-7H3;/q-2;/i3D3,4D3,8D,10D,11D,21D,22D,39D2;. The van der Waals surface area contributed by atoms with Gasteiger partial charge in [-0.1, -0.05) is 48.5 Å². The molecule has 0 bridgehead atoms. The first-order chi connectivity index (χ1) is 43.1. The predicted octanol–water partition coefficient (Wildman–Crippen LogP) is 16.9. The van der Waals surface area contributed by atoms with Crippen LogP contribution in [0.1, 0.15) is 74.7 Å². The minimum absolute atomic E-state index is 0.0578. The maximum atomic E-state index is 9.48. The Balaban J connectivity index is 1.07. The van der Waals surface area contributed by atoms with Gasteiger partial charge < -0.3 is 0 Å². The van der Waals surface area contributed by atoms with Gasteiger partial charge in [-0.3, -0.25) is 0 Å². The molecule has 0 spiro atoms. The van der Waals surface area contributed by atoms with E-state index in [0.717, 1.165) is 32.8 Å². The molecule has 0 atom stereocenters. The van der Waals surface area contributed by atoms with Crippen LogP contribution in [0.3, 0.4) is 0 Å². The Morgan fingerprint density at radius 2 is 1.36 bits per heavy atom. The SMILES string of the molecule is [2H]c1c([2H])c([2H])c(-c2cc(C([2H])([2H])[2H])cc(-c3ccc(C(C)(C)C)cc3)c2-n2[c](=[Pt])n(-c3[c-]c(Oc4cc(C([2H])([2H])[2H])cc(N5B(c6ccccc6)n6c7ccccc7c7cc[c-]c5c76)n4)c(-c4ccccc4C([2H])([2H])C(C)C)cc3)c3ccccc32)c([2H])c1[2H]. The molecule has 9 aromatic carbocycles. The zero-order valence-corrected chi connectivity index (χ0v) is 45.6. The molecular weight excluding hydrogens is 1130 g/mol. The molecule has 4 heterocycles. The van der Waals surface area contributed by atoms with Crippen LogP contribution in [0.5, 0.6) is 11.6 Å². The number of anilines is 2. The third-order valence-electron chi connectivity index (χ3n) is 14.4. The van der Waals surface area contributed by atoms with Gasteiger partial charge in [0.25, 0.3) is 0 Å². The molecular formula is C70H58BN5OPt-2. The number of benzene rings is 9. The van der Waals surface area contributed by atoms with Crippen LogP contribution >= 0.6 is 0 Å². The molecule has 0 radical (unpaired) electrons. The zero-order chi connectivity index (χ0) is 64.5. The van der Waals surface area contributed by atoms with Crippen LogP contribution < -0.4 is 15.0 Å². The Bertz CT molecular complexity index is 4960. The molecule has 0 N–H and O–H groups in total. The number of aromatic nitrogens is 4. The topological polar surface area (TPSA) is 40.1 Å². The molecule has 1 aliphatic rings. The number of pyridine rings is 1. The van der Waals surface area contributed by atoms with Gasteiger partial charge in [0.1, 0.15) is 0 Å². The number of hydrogen-bond acceptors (Lipinski definition) is 3. The average Bonchev–Trinajstić information content (AvgIpc) is 1.59. The van der Waals surface area contributed by atoms with E-state index in [1.54, 1.807) is 24.3 Å². The van der Waals surface area contributed by atoms with E-state index < -0.39 is 63.2 Å². The van der Waals surface area contributed by atoms with E-state index in [2.05, 4.69) is 68.9 Å². The van der Waals surface area contributed by atoms with Crippen LogP contribution in [0.25, 0.3) is 77.6 Å². The van der Waals surface area contributed by atoms with Crippen molar-refractivity contribution in [2.75, 3.05) is 4.81 Å². The molecule has 0 amide bonds. The van der Waals surface area contributed by atoms with Gasteiger partial charge in [-0.15, -0.1) is 5.39 Å². The van der Waals surface area contributed by atoms with Crippen molar-refractivity contribution in [3.63, 3.8) is 0 Å². The number of para-hydroxylation sites is 3. The van der Waals surface area contributed by atoms with E-state index in [-0.39, 0.29) is 45.1 Å². The van der Waals surface area contributed by atoms with Crippen molar-refractivity contribution in [1.82, 2.24) is 18.6 Å². The molecule has 384 valence electrons. The molecule has 3 aromatic heterocycles. The van der Waals surface area contributed by atoms with E-state index in [4.69, 9.17) is 22.1 Å². The normalized spacial score (nSPS) is 15.4. The van der Waals surface area contributed by atoms with Crippen molar-refractivity contribution in [3.05, 3.63) is 244 Å². The van der Waals surface area contributed by atoms with Crippen molar-refractivity contribution in [2.45, 2.75) is 60.1 Å². The summed E-state index contributed by atoms with van der Waals surface area (Å²) in [6, 6.07) is 58.2. The molecule has 8 heteroatoms. The second-order valence-corrected chi connectivity index (χ2v) is 21.9. The Kier molecular flexibility index (Phi) is 9.25. The second kappa shape index (κ2) is 19.6. The summed E-state index contributed by atoms with van der Waals surface area (Å²) < 4.78 is 131. The predicted molar refractivity (Wildman–Crippen MR) is 320 cm³/mol. The molecule has 78 heavy (non-hydrogen) atoms. The molecule has 0 unspecified atom stereocenters. The van der Waals surface area contributed by atoms with Gasteiger partial charge in [-0.2, -0.15) is 12.1 Å². The Morgan fingerprint density at radius 1 is 0.679 bits per heavy atom. The monoisotopic (exact) mass is 1200 g/mol. The number of hydrogen-bond donors (Lipinski definition) is 0. The number of ether oxygens (including phenoxy) is 1. The van der Waals surface area contributed by atoms with E-state index in [1.165, 1.54) is 12.1 Å². The summed E-state index contributed by atoms with van der Waals surface area (Å²) in [5.41, 5.74) is 8.10. The molecule has 6 nitrogen and oxygen atoms in total. The van der Waals surface area contributed by atoms with Crippen LogP contribution in [-0.2, 0) is 31.1 Å². The maximum absolute atomic E-state index is 9.48. The number of nitrogens with zero attached hydrogens (tertiary/aromatic N) is 5. The van der Waals surface area contributed by atoms with Gasteiger partial charge in [-0.25, -0.2) is 0 Å². The second-order valence-electron chi connectivity index (χ2n) is 20.9. The van der Waals surface area contributed by atoms with E-state index in [0.29, 0.717) is 59.7 Å². The summed E-state index contributed by atoms with van der Waals surface area (Å²) >= 11 is 2.18. The van der Waals surface area contributed by atoms with Crippen LogP contribution in [0.2, 0.25) is 0 Å². The number of imidazole rings is 1. The molecule has 0 saturated carbocycles. The van der Waals surface area contributed by atoms with Crippen molar-refractivity contribution in [3.8, 4) is 56.4 Å². The minimum atomic E-state index is -2.71. The first-order valence-corrected chi connectivity index (χ1v) is 27.0. The molecule has 13 rings (SSSR count). The third kappa shape index (κ3) is 8.56. The van der Waals surface area contributed by atoms with Crippen molar-refractivity contribution in [2.24, 2.45) is 5.92 Å². The Morgan fingerprint density at radius 3 is 2.10 bits per heavy atom. The van der Waals surface area contributed by atoms with Crippen LogP contribution in [-0.4, -0.2) is 25.6 Å². The molecule has 0 aliphatic carbocycles. The summed E-state index contributed by atoms with van der Waals surface area (Å²) in [5.74, 6) is -0.229. The molecule has 0 fully saturated rings. The van der Waals surface area contributed by atoms with Crippen LogP contribution in [0.15, 0.2) is 206 Å². The molecule has 12 aromatic rings. The molecule has 0 saturated heterocycles. The van der Waals surface area contributed by atoms with Gasteiger partial charge in [0.15, 0.2) is 0 Å². The number of fused-ring (bicyclic) bond motifs is 4. The fraction of sp³-hybridized carbons (Fsp3) is 0.143. The number of rotatable bonds is 11. The van der Waals surface area contributed by atoms with Gasteiger partial charge in [0, 0.05) is 5.52 Å². The van der Waals surface area contributed by atoms with Gasteiger partial charge in [0.2, 0.25) is 0 Å². The fourth-order valence-electron chi connectivity index (χ4n) is 11.0. The van der Waals surface area contributed by atoms with Crippen molar-refractivity contribution in [1.29, 1.82) is 0 Å². The van der Waals surface area contributed by atoms with Crippen molar-refractivity contribution < 1.29 is 41.9 Å². The Hall–Kier alpha value is -8.25. The molecule has 1 aliphatic heterocycles. The first kappa shape index (κ1) is 36.7. The average molecular weight is 1200 g/mol. The summed E-state index contributed by atoms with van der Waals surface area (Å²) in [6.45, 7) is 3.97. The Labute approximate surface area is 486 Å². The van der Waals surface area contributed by atoms with Gasteiger partial charge in [0.05, 0.1) is 0 Å². The number of aryl methyl sites for hydroxylation is 2. The quantitative estimate of drug-likeness (QED) is 0.0957. The summed E-state index contributed by atoms with van der Waals surface area (Å²) in [7, 11) is 0. The summed E-state index contributed by atoms with van der Waals surface area (Å²) in [4.78, 5) is 7.22. The van der Waals surface area contributed by atoms with Gasteiger partial charge >= 0.3 is 406 Å². The zero-order valence-electron chi connectivity index (χ0n) is 56.4. The van der Waals surface area contributed by atoms with E-state index in [1.807, 2.05) is 155 Å². The van der Waals surface area contributed by atoms with E-state index in [9.17, 15) is 5.48 Å². The first-order valence-electron chi connectivity index (χ1n) is 32.3. The third-order valence-corrected chi connectivity index (χ3v) is 15.4. The fourth-order valence-corrected chi connectivity index (χ4v) is 12.1. The van der Waals surface area contributed by atoms with Crippen LogP contribution in [0.4, 0.5) is 11.5 Å². The van der Waals surface area contributed by atoms with E-state index >= 15 is 0 Å². The van der Waals surface area contributed by atoms with Crippen LogP contribution in [0, 0.1) is 35.6 Å². The summed E-state index contributed by atoms with van der Waals surface area (Å²) in [6.07, 6.45) is -1.85. The summed E-state index contributed by atoms with van der Waals surface area (Å²) in [5, 5.41) is 2.04.